The SMILES string of the molecule is O=C(CO)Nc1ccnc(N[C@H]2CC[C@H](O)CC2)n1. The molecule has 1 fully saturated rings. The van der Waals surface area contributed by atoms with Crippen molar-refractivity contribution in [2.45, 2.75) is 37.8 Å². The van der Waals surface area contributed by atoms with Crippen molar-refractivity contribution in [1.82, 2.24) is 9.97 Å². The van der Waals surface area contributed by atoms with E-state index in [0.717, 1.165) is 25.7 Å². The number of carbonyl (C=O) groups is 1. The molecule has 0 radical (unpaired) electrons. The van der Waals surface area contributed by atoms with Gasteiger partial charge in [-0.15, -0.1) is 0 Å². The van der Waals surface area contributed by atoms with Gasteiger partial charge < -0.3 is 20.8 Å². The molecule has 4 N–H and O–H groups in total. The number of aliphatic hydroxyl groups excluding tert-OH is 2. The van der Waals surface area contributed by atoms with Crippen molar-refractivity contribution in [2.75, 3.05) is 17.2 Å². The first-order valence-electron chi connectivity index (χ1n) is 6.35. The lowest BCUT2D eigenvalue weighted by Crippen LogP contribution is -2.29. The summed E-state index contributed by atoms with van der Waals surface area (Å²) < 4.78 is 0. The van der Waals surface area contributed by atoms with Crippen LogP contribution in [0.1, 0.15) is 25.7 Å². The van der Waals surface area contributed by atoms with Gasteiger partial charge in [-0.2, -0.15) is 4.98 Å². The molecule has 1 aliphatic rings. The van der Waals surface area contributed by atoms with Crippen LogP contribution in [0.5, 0.6) is 0 Å². The molecule has 1 aliphatic carbocycles. The molecule has 0 atom stereocenters. The van der Waals surface area contributed by atoms with Crippen LogP contribution < -0.4 is 10.6 Å². The first-order chi connectivity index (χ1) is 9.17. The van der Waals surface area contributed by atoms with Gasteiger partial charge in [0.25, 0.3) is 5.91 Å². The second-order valence-electron chi connectivity index (χ2n) is 4.62. The zero-order valence-corrected chi connectivity index (χ0v) is 10.5. The molecule has 1 heterocycles. The van der Waals surface area contributed by atoms with Gasteiger partial charge in [0, 0.05) is 12.2 Å². The summed E-state index contributed by atoms with van der Waals surface area (Å²) in [5.74, 6) is 0.287. The van der Waals surface area contributed by atoms with E-state index < -0.39 is 12.5 Å². The number of amides is 1. The van der Waals surface area contributed by atoms with E-state index in [4.69, 9.17) is 5.11 Å². The van der Waals surface area contributed by atoms with Gasteiger partial charge in [-0.05, 0) is 31.7 Å². The topological polar surface area (TPSA) is 107 Å². The molecular formula is C12H18N4O3. The van der Waals surface area contributed by atoms with Crippen LogP contribution in [0, 0.1) is 0 Å². The minimum atomic E-state index is -0.576. The largest absolute Gasteiger partial charge is 0.393 e. The molecule has 0 aromatic carbocycles. The number of carbonyl (C=O) groups excluding carboxylic acids is 1. The Labute approximate surface area is 111 Å². The summed E-state index contributed by atoms with van der Waals surface area (Å²) in [4.78, 5) is 19.3. The Hall–Kier alpha value is -1.73. The molecule has 0 unspecified atom stereocenters. The van der Waals surface area contributed by atoms with Crippen LogP contribution in [0.25, 0.3) is 0 Å². The van der Waals surface area contributed by atoms with Gasteiger partial charge >= 0.3 is 0 Å². The maximum absolute atomic E-state index is 11.0. The van der Waals surface area contributed by atoms with Gasteiger partial charge in [0.2, 0.25) is 5.95 Å². The lowest BCUT2D eigenvalue weighted by molar-refractivity contribution is -0.118. The van der Waals surface area contributed by atoms with E-state index >= 15 is 0 Å². The fraction of sp³-hybridized carbons (Fsp3) is 0.583. The molecule has 0 spiro atoms. The molecule has 1 aromatic rings. The molecule has 19 heavy (non-hydrogen) atoms. The maximum Gasteiger partial charge on any atom is 0.251 e. The number of nitrogens with zero attached hydrogens (tertiary/aromatic N) is 2. The van der Waals surface area contributed by atoms with Crippen LogP contribution in [-0.4, -0.2) is 44.8 Å². The lowest BCUT2D eigenvalue weighted by atomic mass is 9.93. The summed E-state index contributed by atoms with van der Waals surface area (Å²) in [6.45, 7) is -0.576. The summed E-state index contributed by atoms with van der Waals surface area (Å²) in [6, 6.07) is 1.80. The fourth-order valence-corrected chi connectivity index (χ4v) is 2.08. The molecular weight excluding hydrogens is 248 g/mol. The molecule has 0 aliphatic heterocycles. The van der Waals surface area contributed by atoms with Crippen molar-refractivity contribution in [1.29, 1.82) is 0 Å². The predicted molar refractivity (Wildman–Crippen MR) is 69.6 cm³/mol. The second kappa shape index (κ2) is 6.44. The van der Waals surface area contributed by atoms with Crippen molar-refractivity contribution < 1.29 is 15.0 Å². The third-order valence-corrected chi connectivity index (χ3v) is 3.10. The molecule has 0 bridgehead atoms. The standard InChI is InChI=1S/C12H18N4O3/c17-7-11(19)15-10-5-6-13-12(16-10)14-8-1-3-9(18)4-2-8/h5-6,8-9,17-18H,1-4,7H2,(H2,13,14,15,16,19)/t8-,9-. The molecule has 1 amide bonds. The number of rotatable bonds is 4. The van der Waals surface area contributed by atoms with Crippen molar-refractivity contribution in [3.05, 3.63) is 12.3 Å². The highest BCUT2D eigenvalue weighted by Gasteiger charge is 2.19. The summed E-state index contributed by atoms with van der Waals surface area (Å²) in [6.07, 6.45) is 4.64. The highest BCUT2D eigenvalue weighted by molar-refractivity contribution is 5.90. The maximum atomic E-state index is 11.0. The fourth-order valence-electron chi connectivity index (χ4n) is 2.08. The Morgan fingerprint density at radius 1 is 1.37 bits per heavy atom. The normalized spacial score (nSPS) is 22.8. The summed E-state index contributed by atoms with van der Waals surface area (Å²) in [7, 11) is 0. The summed E-state index contributed by atoms with van der Waals surface area (Å²) in [5, 5.41) is 23.7. The Balaban J connectivity index is 1.93. The number of aromatic nitrogens is 2. The van der Waals surface area contributed by atoms with Gasteiger partial charge in [0.05, 0.1) is 6.10 Å². The Morgan fingerprint density at radius 2 is 2.11 bits per heavy atom. The molecule has 2 rings (SSSR count). The first-order valence-corrected chi connectivity index (χ1v) is 6.35. The lowest BCUT2D eigenvalue weighted by Gasteiger charge is -2.26. The second-order valence-corrected chi connectivity index (χ2v) is 4.62. The Bertz CT molecular complexity index is 433. The third-order valence-electron chi connectivity index (χ3n) is 3.10. The molecule has 7 nitrogen and oxygen atoms in total. The third kappa shape index (κ3) is 4.15. The van der Waals surface area contributed by atoms with Gasteiger partial charge in [0.15, 0.2) is 0 Å². The molecule has 1 aromatic heterocycles. The van der Waals surface area contributed by atoms with E-state index in [0.29, 0.717) is 11.8 Å². The molecule has 1 saturated carbocycles. The highest BCUT2D eigenvalue weighted by Crippen LogP contribution is 2.21. The Morgan fingerprint density at radius 3 is 2.79 bits per heavy atom. The zero-order chi connectivity index (χ0) is 13.7. The van der Waals surface area contributed by atoms with Gasteiger partial charge in [-0.25, -0.2) is 4.98 Å². The quantitative estimate of drug-likeness (QED) is 0.616. The average molecular weight is 266 g/mol. The van der Waals surface area contributed by atoms with E-state index in [9.17, 15) is 9.90 Å². The van der Waals surface area contributed by atoms with E-state index in [1.807, 2.05) is 0 Å². The number of hydrogen-bond acceptors (Lipinski definition) is 6. The van der Waals surface area contributed by atoms with Crippen molar-refractivity contribution in [2.24, 2.45) is 0 Å². The minimum absolute atomic E-state index is 0.200. The van der Waals surface area contributed by atoms with Gasteiger partial charge in [0.1, 0.15) is 12.4 Å². The van der Waals surface area contributed by atoms with Crippen LogP contribution in [0.2, 0.25) is 0 Å². The number of nitrogens with one attached hydrogen (secondary N) is 2. The number of anilines is 2. The number of hydrogen-bond donors (Lipinski definition) is 4. The monoisotopic (exact) mass is 266 g/mol. The van der Waals surface area contributed by atoms with Crippen molar-refractivity contribution >= 4 is 17.7 Å². The minimum Gasteiger partial charge on any atom is -0.393 e. The molecule has 104 valence electrons. The van der Waals surface area contributed by atoms with Crippen LogP contribution in [0.4, 0.5) is 11.8 Å². The van der Waals surface area contributed by atoms with Crippen molar-refractivity contribution in [3.8, 4) is 0 Å². The van der Waals surface area contributed by atoms with Crippen molar-refractivity contribution in [3.63, 3.8) is 0 Å². The average Bonchev–Trinajstić information content (AvgIpc) is 2.42. The molecule has 7 heteroatoms. The Kier molecular flexibility index (Phi) is 4.64. The smallest absolute Gasteiger partial charge is 0.251 e. The van der Waals surface area contributed by atoms with E-state index in [1.165, 1.54) is 0 Å². The molecule has 0 saturated heterocycles. The summed E-state index contributed by atoms with van der Waals surface area (Å²) in [5.41, 5.74) is 0. The van der Waals surface area contributed by atoms with Crippen LogP contribution in [0.3, 0.4) is 0 Å². The van der Waals surface area contributed by atoms with Crippen LogP contribution in [0.15, 0.2) is 12.3 Å². The van der Waals surface area contributed by atoms with E-state index in [2.05, 4.69) is 20.6 Å². The van der Waals surface area contributed by atoms with Crippen LogP contribution in [-0.2, 0) is 4.79 Å². The predicted octanol–water partition coefficient (Wildman–Crippen LogP) is 0.123. The zero-order valence-electron chi connectivity index (χ0n) is 10.5. The highest BCUT2D eigenvalue weighted by atomic mass is 16.3. The summed E-state index contributed by atoms with van der Waals surface area (Å²) >= 11 is 0. The number of aliphatic hydroxyl groups is 2. The van der Waals surface area contributed by atoms with E-state index in [-0.39, 0.29) is 12.1 Å². The first kappa shape index (κ1) is 13.7. The van der Waals surface area contributed by atoms with Gasteiger partial charge in [-0.3, -0.25) is 4.79 Å². The van der Waals surface area contributed by atoms with Gasteiger partial charge in [-0.1, -0.05) is 0 Å². The van der Waals surface area contributed by atoms with Crippen LogP contribution >= 0.6 is 0 Å². The van der Waals surface area contributed by atoms with E-state index in [1.54, 1.807) is 12.3 Å².